The largest absolute Gasteiger partial charge is 0.326 e. The van der Waals surface area contributed by atoms with Gasteiger partial charge in [0.25, 0.3) is 0 Å². The summed E-state index contributed by atoms with van der Waals surface area (Å²) in [4.78, 5) is 14.1. The van der Waals surface area contributed by atoms with E-state index < -0.39 is 0 Å². The Kier molecular flexibility index (Phi) is 3.93. The lowest BCUT2D eigenvalue weighted by atomic mass is 10.1. The minimum atomic E-state index is -0.294. The summed E-state index contributed by atoms with van der Waals surface area (Å²) >= 11 is 12.0. The number of hydrogen-bond acceptors (Lipinski definition) is 2. The maximum absolute atomic E-state index is 12.5. The molecule has 1 aliphatic rings. The highest BCUT2D eigenvalue weighted by Crippen LogP contribution is 2.31. The summed E-state index contributed by atoms with van der Waals surface area (Å²) in [6, 6.07) is 12.0. The van der Waals surface area contributed by atoms with Crippen LogP contribution in [-0.4, -0.2) is 12.6 Å². The summed E-state index contributed by atoms with van der Waals surface area (Å²) in [5, 5.41) is 12.7. The molecule has 3 rings (SSSR count). The Morgan fingerprint density at radius 3 is 2.82 bits per heavy atom. The first-order valence-corrected chi connectivity index (χ1v) is 7.40. The van der Waals surface area contributed by atoms with Crippen molar-refractivity contribution < 1.29 is 4.79 Å². The first-order valence-electron chi connectivity index (χ1n) is 6.65. The predicted molar refractivity (Wildman–Crippen MR) is 87.7 cm³/mol. The monoisotopic (exact) mass is 331 g/mol. The predicted octanol–water partition coefficient (Wildman–Crippen LogP) is 4.46. The van der Waals surface area contributed by atoms with E-state index >= 15 is 0 Å². The number of rotatable bonds is 1. The SMILES string of the molecule is N#Cc1ccc2c(c1)N(C(=O)Nc1cc(Cl)ccc1Cl)CC2. The molecule has 2 aromatic carbocycles. The van der Waals surface area contributed by atoms with E-state index in [2.05, 4.69) is 11.4 Å². The third-order valence-corrected chi connectivity index (χ3v) is 4.09. The zero-order valence-corrected chi connectivity index (χ0v) is 12.9. The Balaban J connectivity index is 1.86. The van der Waals surface area contributed by atoms with Gasteiger partial charge in [-0.3, -0.25) is 4.90 Å². The van der Waals surface area contributed by atoms with Crippen LogP contribution in [0.4, 0.5) is 16.2 Å². The maximum atomic E-state index is 12.5. The smallest absolute Gasteiger partial charge is 0.306 e. The van der Waals surface area contributed by atoms with Crippen LogP contribution >= 0.6 is 23.2 Å². The highest BCUT2D eigenvalue weighted by Gasteiger charge is 2.25. The Morgan fingerprint density at radius 2 is 2.05 bits per heavy atom. The maximum Gasteiger partial charge on any atom is 0.326 e. The number of urea groups is 1. The van der Waals surface area contributed by atoms with Gasteiger partial charge in [0.15, 0.2) is 0 Å². The standard InChI is InChI=1S/C16H11Cl2N3O/c17-12-3-4-13(18)14(8-12)20-16(22)21-6-5-11-2-1-10(9-19)7-15(11)21/h1-4,7-8H,5-6H2,(H,20,22). The van der Waals surface area contributed by atoms with Gasteiger partial charge in [0.1, 0.15) is 0 Å². The number of benzene rings is 2. The van der Waals surface area contributed by atoms with E-state index in [4.69, 9.17) is 28.5 Å². The van der Waals surface area contributed by atoms with Gasteiger partial charge in [-0.1, -0.05) is 29.3 Å². The van der Waals surface area contributed by atoms with Crippen molar-refractivity contribution in [1.82, 2.24) is 0 Å². The Morgan fingerprint density at radius 1 is 1.23 bits per heavy atom. The van der Waals surface area contributed by atoms with E-state index in [1.54, 1.807) is 35.2 Å². The molecule has 0 unspecified atom stereocenters. The van der Waals surface area contributed by atoms with Crippen molar-refractivity contribution in [2.45, 2.75) is 6.42 Å². The van der Waals surface area contributed by atoms with E-state index in [0.29, 0.717) is 27.8 Å². The molecule has 22 heavy (non-hydrogen) atoms. The van der Waals surface area contributed by atoms with Gasteiger partial charge in [0.05, 0.1) is 22.3 Å². The highest BCUT2D eigenvalue weighted by molar-refractivity contribution is 6.35. The molecule has 0 saturated carbocycles. The lowest BCUT2D eigenvalue weighted by Gasteiger charge is -2.19. The Bertz CT molecular complexity index is 798. The van der Waals surface area contributed by atoms with Crippen molar-refractivity contribution in [3.05, 3.63) is 57.6 Å². The molecule has 2 amide bonds. The van der Waals surface area contributed by atoms with Crippen molar-refractivity contribution in [2.24, 2.45) is 0 Å². The summed E-state index contributed by atoms with van der Waals surface area (Å²) in [5.74, 6) is 0. The van der Waals surface area contributed by atoms with Gasteiger partial charge >= 0.3 is 6.03 Å². The molecule has 1 heterocycles. The quantitative estimate of drug-likeness (QED) is 0.838. The lowest BCUT2D eigenvalue weighted by Crippen LogP contribution is -2.33. The fourth-order valence-corrected chi connectivity index (χ4v) is 2.77. The van der Waals surface area contributed by atoms with Gasteiger partial charge in [0.2, 0.25) is 0 Å². The Hall–Kier alpha value is -2.22. The van der Waals surface area contributed by atoms with Crippen molar-refractivity contribution in [1.29, 1.82) is 5.26 Å². The fraction of sp³-hybridized carbons (Fsp3) is 0.125. The molecule has 1 N–H and O–H groups in total. The number of fused-ring (bicyclic) bond motifs is 1. The number of hydrogen-bond donors (Lipinski definition) is 1. The summed E-state index contributed by atoms with van der Waals surface area (Å²) < 4.78 is 0. The van der Waals surface area contributed by atoms with E-state index in [9.17, 15) is 4.79 Å². The molecule has 0 aliphatic carbocycles. The summed E-state index contributed by atoms with van der Waals surface area (Å²) in [7, 11) is 0. The zero-order chi connectivity index (χ0) is 15.7. The number of carbonyl (C=O) groups excluding carboxylic acids is 1. The van der Waals surface area contributed by atoms with Crippen LogP contribution in [0, 0.1) is 11.3 Å². The van der Waals surface area contributed by atoms with E-state index in [1.807, 2.05) is 6.07 Å². The minimum absolute atomic E-state index is 0.294. The lowest BCUT2D eigenvalue weighted by molar-refractivity contribution is 0.257. The second-order valence-corrected chi connectivity index (χ2v) is 5.75. The molecule has 0 saturated heterocycles. The summed E-state index contributed by atoms with van der Waals surface area (Å²) in [6.07, 6.45) is 0.762. The van der Waals surface area contributed by atoms with Gasteiger partial charge < -0.3 is 5.32 Å². The molecule has 0 radical (unpaired) electrons. The van der Waals surface area contributed by atoms with Crippen molar-refractivity contribution >= 4 is 40.6 Å². The second-order valence-electron chi connectivity index (χ2n) is 4.91. The third-order valence-electron chi connectivity index (χ3n) is 3.53. The van der Waals surface area contributed by atoms with E-state index in [1.165, 1.54) is 0 Å². The molecular weight excluding hydrogens is 321 g/mol. The number of nitrogens with one attached hydrogen (secondary N) is 1. The van der Waals surface area contributed by atoms with Gasteiger partial charge in [-0.25, -0.2) is 4.79 Å². The van der Waals surface area contributed by atoms with Gasteiger partial charge in [0, 0.05) is 17.3 Å². The van der Waals surface area contributed by atoms with Gasteiger partial charge in [-0.2, -0.15) is 5.26 Å². The van der Waals surface area contributed by atoms with Crippen LogP contribution < -0.4 is 10.2 Å². The van der Waals surface area contributed by atoms with Crippen molar-refractivity contribution in [3.63, 3.8) is 0 Å². The van der Waals surface area contributed by atoms with Crippen LogP contribution in [-0.2, 0) is 6.42 Å². The number of amides is 2. The topological polar surface area (TPSA) is 56.1 Å². The molecule has 2 aromatic rings. The molecule has 0 aromatic heterocycles. The van der Waals surface area contributed by atoms with E-state index in [0.717, 1.165) is 17.7 Å². The molecule has 1 aliphatic heterocycles. The molecule has 6 heteroatoms. The van der Waals surface area contributed by atoms with E-state index in [-0.39, 0.29) is 6.03 Å². The molecule has 110 valence electrons. The average Bonchev–Trinajstić information content (AvgIpc) is 2.93. The van der Waals surface area contributed by atoms with Gasteiger partial charge in [-0.15, -0.1) is 0 Å². The average molecular weight is 332 g/mol. The first-order chi connectivity index (χ1) is 10.6. The number of carbonyl (C=O) groups is 1. The van der Waals surface area contributed by atoms with Crippen LogP contribution in [0.5, 0.6) is 0 Å². The molecule has 0 bridgehead atoms. The molecule has 0 atom stereocenters. The van der Waals surface area contributed by atoms with Crippen molar-refractivity contribution in [2.75, 3.05) is 16.8 Å². The number of nitrogens with zero attached hydrogens (tertiary/aromatic N) is 2. The molecule has 0 fully saturated rings. The van der Waals surface area contributed by atoms with Crippen LogP contribution in [0.1, 0.15) is 11.1 Å². The first kappa shape index (κ1) is 14.7. The number of anilines is 2. The van der Waals surface area contributed by atoms with Crippen molar-refractivity contribution in [3.8, 4) is 6.07 Å². The second kappa shape index (κ2) is 5.88. The number of halogens is 2. The third kappa shape index (κ3) is 2.74. The Labute approximate surface area is 137 Å². The molecule has 4 nitrogen and oxygen atoms in total. The fourth-order valence-electron chi connectivity index (χ4n) is 2.44. The van der Waals surface area contributed by atoms with Crippen LogP contribution in [0.15, 0.2) is 36.4 Å². The summed E-state index contributed by atoms with van der Waals surface area (Å²) in [6.45, 7) is 0.564. The molecular formula is C16H11Cl2N3O. The van der Waals surface area contributed by atoms with Crippen LogP contribution in [0.3, 0.4) is 0 Å². The van der Waals surface area contributed by atoms with Gasteiger partial charge in [-0.05, 0) is 42.3 Å². The minimum Gasteiger partial charge on any atom is -0.306 e. The van der Waals surface area contributed by atoms with Crippen LogP contribution in [0.2, 0.25) is 10.0 Å². The highest BCUT2D eigenvalue weighted by atomic mass is 35.5. The summed E-state index contributed by atoms with van der Waals surface area (Å²) in [5.41, 5.74) is 2.80. The molecule has 0 spiro atoms. The normalized spacial score (nSPS) is 12.7. The zero-order valence-electron chi connectivity index (χ0n) is 11.4. The number of nitriles is 1. The van der Waals surface area contributed by atoms with Crippen LogP contribution in [0.25, 0.3) is 0 Å².